The molecule has 2 N–H and O–H groups in total. The van der Waals surface area contributed by atoms with Crippen molar-refractivity contribution in [3.8, 4) is 0 Å². The van der Waals surface area contributed by atoms with Gasteiger partial charge in [-0.25, -0.2) is 4.98 Å². The van der Waals surface area contributed by atoms with Gasteiger partial charge >= 0.3 is 0 Å². The molecular formula is C17H34ClN3. The summed E-state index contributed by atoms with van der Waals surface area (Å²) in [6.45, 7) is 5.55. The highest BCUT2D eigenvalue weighted by atomic mass is 35.5. The van der Waals surface area contributed by atoms with E-state index in [-0.39, 0.29) is 12.4 Å². The zero-order chi connectivity index (χ0) is 14.6. The fourth-order valence-electron chi connectivity index (χ4n) is 2.67. The number of hydrogen-bond donors (Lipinski definition) is 1. The van der Waals surface area contributed by atoms with Crippen molar-refractivity contribution in [3.05, 3.63) is 11.9 Å². The van der Waals surface area contributed by atoms with Crippen LogP contribution in [0.25, 0.3) is 0 Å². The van der Waals surface area contributed by atoms with Gasteiger partial charge < -0.3 is 10.3 Å². The molecule has 0 bridgehead atoms. The molecule has 1 heterocycles. The molecule has 0 aliphatic heterocycles. The largest absolute Gasteiger partial charge is 0.369 e. The molecule has 0 amide bonds. The van der Waals surface area contributed by atoms with Gasteiger partial charge in [0.2, 0.25) is 0 Å². The smallest absolute Gasteiger partial charge is 0.200 e. The summed E-state index contributed by atoms with van der Waals surface area (Å²) in [5.74, 6) is 0.698. The second-order valence-electron chi connectivity index (χ2n) is 5.84. The number of anilines is 1. The molecule has 0 aromatic carbocycles. The van der Waals surface area contributed by atoms with Crippen molar-refractivity contribution in [2.45, 2.75) is 91.0 Å². The van der Waals surface area contributed by atoms with Crippen LogP contribution in [-0.2, 0) is 13.0 Å². The third-order valence-electron chi connectivity index (χ3n) is 3.99. The Morgan fingerprint density at radius 2 is 1.48 bits per heavy atom. The highest BCUT2D eigenvalue weighted by Gasteiger charge is 2.06. The molecule has 21 heavy (non-hydrogen) atoms. The van der Waals surface area contributed by atoms with Gasteiger partial charge in [0.25, 0.3) is 0 Å². The zero-order valence-corrected chi connectivity index (χ0v) is 14.8. The van der Waals surface area contributed by atoms with Crippen molar-refractivity contribution in [2.75, 3.05) is 5.73 Å². The number of halogens is 1. The van der Waals surface area contributed by atoms with E-state index in [2.05, 4.69) is 23.4 Å². The molecule has 0 unspecified atom stereocenters. The molecule has 0 aliphatic carbocycles. The summed E-state index contributed by atoms with van der Waals surface area (Å²) in [4.78, 5) is 4.28. The van der Waals surface area contributed by atoms with Crippen molar-refractivity contribution < 1.29 is 0 Å². The summed E-state index contributed by atoms with van der Waals surface area (Å²) in [6.07, 6.45) is 16.3. The summed E-state index contributed by atoms with van der Waals surface area (Å²) in [7, 11) is 0. The number of aromatic nitrogens is 2. The lowest BCUT2D eigenvalue weighted by atomic mass is 10.1. The first kappa shape index (κ1) is 20.3. The van der Waals surface area contributed by atoms with Gasteiger partial charge in [-0.3, -0.25) is 0 Å². The maximum absolute atomic E-state index is 5.99. The lowest BCUT2D eigenvalue weighted by Crippen LogP contribution is -2.07. The molecule has 1 rings (SSSR count). The maximum Gasteiger partial charge on any atom is 0.200 e. The number of aryl methyl sites for hydroxylation is 1. The molecular weight excluding hydrogens is 282 g/mol. The molecule has 0 fully saturated rings. The second kappa shape index (κ2) is 13.0. The SMILES string of the molecule is CCCCCCCCn1c(CCCCCC)cnc1N.Cl. The molecule has 3 nitrogen and oxygen atoms in total. The van der Waals surface area contributed by atoms with E-state index in [1.54, 1.807) is 0 Å². The highest BCUT2D eigenvalue weighted by Crippen LogP contribution is 2.14. The third-order valence-corrected chi connectivity index (χ3v) is 3.99. The Bertz CT molecular complexity index is 350. The summed E-state index contributed by atoms with van der Waals surface area (Å²) in [5.41, 5.74) is 7.31. The molecule has 0 radical (unpaired) electrons. The Balaban J connectivity index is 0.00000400. The number of unbranched alkanes of at least 4 members (excludes halogenated alkanes) is 8. The first-order valence-electron chi connectivity index (χ1n) is 8.59. The van der Waals surface area contributed by atoms with Crippen LogP contribution in [0.1, 0.15) is 83.7 Å². The predicted octanol–water partition coefficient (Wildman–Crippen LogP) is 5.37. The van der Waals surface area contributed by atoms with Crippen molar-refractivity contribution in [3.63, 3.8) is 0 Å². The molecule has 4 heteroatoms. The average Bonchev–Trinajstić information content (AvgIpc) is 2.80. The Labute approximate surface area is 137 Å². The molecule has 0 aliphatic rings. The Kier molecular flexibility index (Phi) is 12.6. The van der Waals surface area contributed by atoms with Gasteiger partial charge in [0.1, 0.15) is 0 Å². The molecule has 1 aromatic heterocycles. The zero-order valence-electron chi connectivity index (χ0n) is 13.9. The summed E-state index contributed by atoms with van der Waals surface area (Å²) in [5, 5.41) is 0. The van der Waals surface area contributed by atoms with Crippen LogP contribution < -0.4 is 5.73 Å². The van der Waals surface area contributed by atoms with E-state index in [4.69, 9.17) is 5.73 Å². The number of nitrogens with zero attached hydrogens (tertiary/aromatic N) is 2. The van der Waals surface area contributed by atoms with Gasteiger partial charge in [-0.15, -0.1) is 12.4 Å². The molecule has 0 spiro atoms. The van der Waals surface area contributed by atoms with E-state index < -0.39 is 0 Å². The first-order chi connectivity index (χ1) is 9.79. The molecule has 0 saturated carbocycles. The van der Waals surface area contributed by atoms with Gasteiger partial charge in [-0.1, -0.05) is 65.2 Å². The number of hydrogen-bond acceptors (Lipinski definition) is 2. The fourth-order valence-corrected chi connectivity index (χ4v) is 2.67. The van der Waals surface area contributed by atoms with Crippen LogP contribution >= 0.6 is 12.4 Å². The van der Waals surface area contributed by atoms with E-state index in [0.29, 0.717) is 5.95 Å². The van der Waals surface area contributed by atoms with E-state index in [1.165, 1.54) is 69.9 Å². The molecule has 124 valence electrons. The van der Waals surface area contributed by atoms with Gasteiger partial charge in [-0.05, 0) is 19.3 Å². The number of imidazole rings is 1. The van der Waals surface area contributed by atoms with Crippen LogP contribution in [-0.4, -0.2) is 9.55 Å². The predicted molar refractivity (Wildman–Crippen MR) is 95.1 cm³/mol. The van der Waals surface area contributed by atoms with E-state index in [9.17, 15) is 0 Å². The minimum atomic E-state index is 0. The van der Waals surface area contributed by atoms with Gasteiger partial charge in [0, 0.05) is 12.2 Å². The Morgan fingerprint density at radius 1 is 0.905 bits per heavy atom. The number of rotatable bonds is 12. The minimum absolute atomic E-state index is 0. The minimum Gasteiger partial charge on any atom is -0.369 e. The van der Waals surface area contributed by atoms with E-state index in [0.717, 1.165) is 13.0 Å². The Hall–Kier alpha value is -0.700. The third kappa shape index (κ3) is 8.35. The fraction of sp³-hybridized carbons (Fsp3) is 0.824. The molecule has 0 saturated heterocycles. The van der Waals surface area contributed by atoms with Crippen molar-refractivity contribution in [1.82, 2.24) is 9.55 Å². The van der Waals surface area contributed by atoms with Crippen molar-refractivity contribution >= 4 is 18.4 Å². The number of nitrogen functional groups attached to an aromatic ring is 1. The Morgan fingerprint density at radius 3 is 2.14 bits per heavy atom. The normalized spacial score (nSPS) is 10.6. The standard InChI is InChI=1S/C17H33N3.ClH/c1-3-5-7-9-10-12-14-20-16(15-19-17(20)18)13-11-8-6-4-2;/h15H,3-14H2,1-2H3,(H2,18,19);1H. The topological polar surface area (TPSA) is 43.8 Å². The summed E-state index contributed by atoms with van der Waals surface area (Å²) >= 11 is 0. The van der Waals surface area contributed by atoms with Gasteiger partial charge in [-0.2, -0.15) is 0 Å². The summed E-state index contributed by atoms with van der Waals surface area (Å²) < 4.78 is 2.23. The lowest BCUT2D eigenvalue weighted by Gasteiger charge is -2.10. The van der Waals surface area contributed by atoms with Gasteiger partial charge in [0.05, 0.1) is 6.20 Å². The van der Waals surface area contributed by atoms with Crippen LogP contribution in [0.4, 0.5) is 5.95 Å². The quantitative estimate of drug-likeness (QED) is 0.527. The maximum atomic E-state index is 5.99. The number of nitrogens with two attached hydrogens (primary N) is 1. The van der Waals surface area contributed by atoms with E-state index in [1.807, 2.05) is 6.20 Å². The van der Waals surface area contributed by atoms with Crippen molar-refractivity contribution in [2.24, 2.45) is 0 Å². The average molecular weight is 316 g/mol. The second-order valence-corrected chi connectivity index (χ2v) is 5.84. The highest BCUT2D eigenvalue weighted by molar-refractivity contribution is 5.85. The van der Waals surface area contributed by atoms with Crippen LogP contribution in [0.2, 0.25) is 0 Å². The van der Waals surface area contributed by atoms with Crippen LogP contribution in [0.5, 0.6) is 0 Å². The van der Waals surface area contributed by atoms with Crippen LogP contribution in [0, 0.1) is 0 Å². The monoisotopic (exact) mass is 315 g/mol. The summed E-state index contributed by atoms with van der Waals surface area (Å²) in [6, 6.07) is 0. The van der Waals surface area contributed by atoms with Crippen molar-refractivity contribution in [1.29, 1.82) is 0 Å². The first-order valence-corrected chi connectivity index (χ1v) is 8.59. The molecule has 0 atom stereocenters. The molecule has 1 aromatic rings. The van der Waals surface area contributed by atoms with Crippen LogP contribution in [0.15, 0.2) is 6.20 Å². The lowest BCUT2D eigenvalue weighted by molar-refractivity contribution is 0.546. The van der Waals surface area contributed by atoms with E-state index >= 15 is 0 Å². The van der Waals surface area contributed by atoms with Crippen LogP contribution in [0.3, 0.4) is 0 Å². The van der Waals surface area contributed by atoms with Gasteiger partial charge in [0.15, 0.2) is 5.95 Å².